The van der Waals surface area contributed by atoms with Crippen LogP contribution in [0.5, 0.6) is 0 Å². The van der Waals surface area contributed by atoms with Gasteiger partial charge in [-0.3, -0.25) is 0 Å². The minimum absolute atomic E-state index is 0.0431. The zero-order valence-electron chi connectivity index (χ0n) is 19.5. The number of nitrogens with two attached hydrogens (primary N) is 1. The summed E-state index contributed by atoms with van der Waals surface area (Å²) in [7, 11) is 0. The highest BCUT2D eigenvalue weighted by molar-refractivity contribution is 5.77. The molecule has 0 unspecified atom stereocenters. The minimum Gasteiger partial charge on any atom is -0.396 e. The fourth-order valence-corrected chi connectivity index (χ4v) is 8.23. The van der Waals surface area contributed by atoms with Gasteiger partial charge in [0.15, 0.2) is 0 Å². The normalized spacial score (nSPS) is 46.4. The molecule has 0 saturated heterocycles. The smallest absolute Gasteiger partial charge is 0.118 e. The fraction of sp³-hybridized carbons (Fsp3) is 0.885. The maximum Gasteiger partial charge on any atom is 0.118 e. The van der Waals surface area contributed by atoms with Crippen LogP contribution in [-0.2, 0) is 4.84 Å². The van der Waals surface area contributed by atoms with Crippen LogP contribution in [0, 0.1) is 40.4 Å². The Morgan fingerprint density at radius 3 is 2.63 bits per heavy atom. The summed E-state index contributed by atoms with van der Waals surface area (Å²) in [6.07, 6.45) is 16.7. The lowest BCUT2D eigenvalue weighted by molar-refractivity contribution is -0.124. The van der Waals surface area contributed by atoms with Gasteiger partial charge in [-0.2, -0.15) is 0 Å². The summed E-state index contributed by atoms with van der Waals surface area (Å²) in [6.45, 7) is 8.58. The molecule has 4 saturated carbocycles. The van der Waals surface area contributed by atoms with E-state index in [0.717, 1.165) is 42.9 Å². The zero-order valence-corrected chi connectivity index (χ0v) is 19.5. The highest BCUT2D eigenvalue weighted by atomic mass is 16.6. The molecule has 0 aromatic carbocycles. The topological polar surface area (TPSA) is 67.8 Å². The molecule has 4 heteroatoms. The molecule has 0 spiro atoms. The number of hydrogen-bond acceptors (Lipinski definition) is 4. The van der Waals surface area contributed by atoms with E-state index in [0.29, 0.717) is 29.9 Å². The van der Waals surface area contributed by atoms with Crippen molar-refractivity contribution in [2.75, 3.05) is 13.2 Å². The van der Waals surface area contributed by atoms with Gasteiger partial charge in [0.2, 0.25) is 0 Å². The second-order valence-electron chi connectivity index (χ2n) is 11.4. The van der Waals surface area contributed by atoms with Gasteiger partial charge in [0.05, 0.1) is 12.3 Å². The minimum atomic E-state index is -0.0431. The predicted molar refractivity (Wildman–Crippen MR) is 123 cm³/mol. The Balaban J connectivity index is 1.44. The molecular formula is C26H44N2O2. The zero-order chi connectivity index (χ0) is 21.4. The number of allylic oxidation sites excluding steroid dienone is 2. The molecule has 0 aliphatic heterocycles. The number of aliphatic hydroxyl groups excluding tert-OH is 1. The third kappa shape index (κ3) is 3.99. The monoisotopic (exact) mass is 416 g/mol. The van der Waals surface area contributed by atoms with E-state index in [4.69, 9.17) is 10.6 Å². The van der Waals surface area contributed by atoms with Crippen molar-refractivity contribution in [2.45, 2.75) is 91.1 Å². The average molecular weight is 417 g/mol. The van der Waals surface area contributed by atoms with Crippen LogP contribution in [0.1, 0.15) is 85.0 Å². The molecule has 4 nitrogen and oxygen atoms in total. The summed E-state index contributed by atoms with van der Waals surface area (Å²) in [5, 5.41) is 14.4. The molecular weight excluding hydrogens is 372 g/mol. The molecule has 30 heavy (non-hydrogen) atoms. The summed E-state index contributed by atoms with van der Waals surface area (Å²) in [5.41, 5.74) is 7.64. The molecule has 0 amide bonds. The van der Waals surface area contributed by atoms with Crippen molar-refractivity contribution in [3.8, 4) is 0 Å². The first-order chi connectivity index (χ1) is 14.4. The van der Waals surface area contributed by atoms with Crippen molar-refractivity contribution in [3.63, 3.8) is 0 Å². The summed E-state index contributed by atoms with van der Waals surface area (Å²) in [6, 6.07) is 0. The highest BCUT2D eigenvalue weighted by Gasteiger charge is 2.59. The maximum atomic E-state index is 10.2. The maximum absolute atomic E-state index is 10.2. The van der Waals surface area contributed by atoms with Crippen LogP contribution in [-0.4, -0.2) is 30.6 Å². The van der Waals surface area contributed by atoms with Crippen molar-refractivity contribution >= 4 is 6.21 Å². The number of hydrogen-bond donors (Lipinski definition) is 2. The van der Waals surface area contributed by atoms with Crippen LogP contribution in [0.25, 0.3) is 0 Å². The number of fused-ring (bicyclic) bond motifs is 5. The first kappa shape index (κ1) is 22.3. The predicted octanol–water partition coefficient (Wildman–Crippen LogP) is 5.30. The van der Waals surface area contributed by atoms with Crippen molar-refractivity contribution in [1.29, 1.82) is 0 Å². The summed E-state index contributed by atoms with van der Waals surface area (Å²) >= 11 is 0. The van der Waals surface area contributed by atoms with E-state index < -0.39 is 0 Å². The third-order valence-corrected chi connectivity index (χ3v) is 9.95. The molecule has 0 bridgehead atoms. The number of aliphatic hydroxyl groups is 1. The van der Waals surface area contributed by atoms with Gasteiger partial charge < -0.3 is 15.7 Å². The Labute approximate surface area is 183 Å². The van der Waals surface area contributed by atoms with Crippen LogP contribution in [0.4, 0.5) is 0 Å². The number of oxime groups is 1. The van der Waals surface area contributed by atoms with Gasteiger partial charge in [-0.1, -0.05) is 25.1 Å². The van der Waals surface area contributed by atoms with Gasteiger partial charge >= 0.3 is 0 Å². The molecule has 4 rings (SSSR count). The van der Waals surface area contributed by atoms with Gasteiger partial charge in [-0.15, -0.1) is 0 Å². The van der Waals surface area contributed by atoms with Crippen molar-refractivity contribution in [1.82, 2.24) is 0 Å². The van der Waals surface area contributed by atoms with Gasteiger partial charge in [0, 0.05) is 0 Å². The Bertz CT molecular complexity index is 661. The molecule has 0 aromatic rings. The van der Waals surface area contributed by atoms with Gasteiger partial charge in [-0.25, -0.2) is 0 Å². The second kappa shape index (κ2) is 8.94. The Kier molecular flexibility index (Phi) is 6.65. The SMILES string of the molecule is CC(/C=N/OCCCN)=C\[C@H]1CC[C@H]2[C@@H]3CC[C@@H]4C[C@@H](O)CC[C@]4(C)[C@H]3CC[C@]12C. The van der Waals surface area contributed by atoms with Gasteiger partial charge in [0.25, 0.3) is 0 Å². The Morgan fingerprint density at radius 1 is 1.07 bits per heavy atom. The van der Waals surface area contributed by atoms with Crippen LogP contribution in [0.15, 0.2) is 16.8 Å². The number of rotatable bonds is 6. The van der Waals surface area contributed by atoms with E-state index in [9.17, 15) is 5.11 Å². The summed E-state index contributed by atoms with van der Waals surface area (Å²) < 4.78 is 0. The number of nitrogens with zero attached hydrogens (tertiary/aromatic N) is 1. The van der Waals surface area contributed by atoms with Crippen molar-refractivity contribution in [2.24, 2.45) is 51.3 Å². The summed E-state index contributed by atoms with van der Waals surface area (Å²) in [4.78, 5) is 5.31. The molecule has 4 fully saturated rings. The molecule has 8 atom stereocenters. The van der Waals surface area contributed by atoms with Gasteiger partial charge in [-0.05, 0) is 124 Å². The van der Waals surface area contributed by atoms with Crippen LogP contribution >= 0.6 is 0 Å². The standard InChI is InChI=1S/C26H44N2O2/c1-18(17-28-30-14-4-13-27)15-19-6-8-23-22-7-5-20-16-21(29)9-11-25(20,2)24(22)10-12-26(19,23)3/h15,17,19-24,29H,4-14,16,27H2,1-3H3/b18-15+,28-17+/t19-,20-,21+,22+,23+,24+,25+,26-/m1/s1. The first-order valence-electron chi connectivity index (χ1n) is 12.6. The Morgan fingerprint density at radius 2 is 1.83 bits per heavy atom. The Hall–Kier alpha value is -0.870. The van der Waals surface area contributed by atoms with E-state index in [1.807, 2.05) is 6.21 Å². The molecule has 0 radical (unpaired) electrons. The fourth-order valence-electron chi connectivity index (χ4n) is 8.23. The van der Waals surface area contributed by atoms with Crippen LogP contribution in [0.2, 0.25) is 0 Å². The molecule has 4 aliphatic carbocycles. The molecule has 3 N–H and O–H groups in total. The largest absolute Gasteiger partial charge is 0.396 e. The third-order valence-electron chi connectivity index (χ3n) is 9.95. The van der Waals surface area contributed by atoms with Crippen LogP contribution < -0.4 is 5.73 Å². The van der Waals surface area contributed by atoms with E-state index in [1.54, 1.807) is 0 Å². The first-order valence-corrected chi connectivity index (χ1v) is 12.6. The lowest BCUT2D eigenvalue weighted by Gasteiger charge is -2.61. The molecule has 4 aliphatic rings. The average Bonchev–Trinajstić information content (AvgIpc) is 3.04. The van der Waals surface area contributed by atoms with Crippen molar-refractivity contribution < 1.29 is 9.94 Å². The molecule has 0 aromatic heterocycles. The van der Waals surface area contributed by atoms with E-state index in [1.165, 1.54) is 50.5 Å². The van der Waals surface area contributed by atoms with Gasteiger partial charge in [0.1, 0.15) is 6.61 Å². The van der Waals surface area contributed by atoms with E-state index in [2.05, 4.69) is 32.0 Å². The van der Waals surface area contributed by atoms with E-state index >= 15 is 0 Å². The lowest BCUT2D eigenvalue weighted by atomic mass is 9.44. The molecule has 0 heterocycles. The summed E-state index contributed by atoms with van der Waals surface area (Å²) in [5.74, 6) is 4.06. The second-order valence-corrected chi connectivity index (χ2v) is 11.4. The lowest BCUT2D eigenvalue weighted by Crippen LogP contribution is -2.53. The quantitative estimate of drug-likeness (QED) is 0.350. The molecule has 170 valence electrons. The van der Waals surface area contributed by atoms with E-state index in [-0.39, 0.29) is 6.10 Å². The highest BCUT2D eigenvalue weighted by Crippen LogP contribution is 2.67. The van der Waals surface area contributed by atoms with Crippen molar-refractivity contribution in [3.05, 3.63) is 11.6 Å². The van der Waals surface area contributed by atoms with Crippen LogP contribution in [0.3, 0.4) is 0 Å².